The lowest BCUT2D eigenvalue weighted by atomic mass is 9.69. The van der Waals surface area contributed by atoms with Gasteiger partial charge in [0.05, 0.1) is 0 Å². The maximum absolute atomic E-state index is 6.06. The van der Waals surface area contributed by atoms with Crippen LogP contribution in [0.4, 0.5) is 11.4 Å². The van der Waals surface area contributed by atoms with E-state index in [1.807, 2.05) is 6.92 Å². The number of aryl methyl sites for hydroxylation is 1. The number of anilines is 2. The molecule has 0 bridgehead atoms. The predicted octanol–water partition coefficient (Wildman–Crippen LogP) is 5.72. The lowest BCUT2D eigenvalue weighted by Crippen LogP contribution is -2.25. The van der Waals surface area contributed by atoms with E-state index in [-0.39, 0.29) is 0 Å². The summed E-state index contributed by atoms with van der Waals surface area (Å²) in [6.07, 6.45) is 14.2. The topological polar surface area (TPSA) is 52.0 Å². The minimum Gasteiger partial charge on any atom is -0.398 e. The first-order valence-corrected chi connectivity index (χ1v) is 10.2. The second-order valence-electron chi connectivity index (χ2n) is 8.74. The molecular weight excluding hydrogens is 292 g/mol. The van der Waals surface area contributed by atoms with Crippen LogP contribution in [0.2, 0.25) is 0 Å². The van der Waals surface area contributed by atoms with E-state index >= 15 is 0 Å². The molecule has 0 radical (unpaired) electrons. The normalized spacial score (nSPS) is 31.1. The van der Waals surface area contributed by atoms with Gasteiger partial charge in [-0.1, -0.05) is 32.6 Å². The Morgan fingerprint density at radius 2 is 1.33 bits per heavy atom. The highest BCUT2D eigenvalue weighted by atomic mass is 14.6. The van der Waals surface area contributed by atoms with Gasteiger partial charge in [-0.3, -0.25) is 0 Å². The van der Waals surface area contributed by atoms with Gasteiger partial charge in [0.25, 0.3) is 0 Å². The summed E-state index contributed by atoms with van der Waals surface area (Å²) in [4.78, 5) is 0. The van der Waals surface area contributed by atoms with Gasteiger partial charge in [-0.15, -0.1) is 0 Å². The second kappa shape index (κ2) is 7.80. The zero-order chi connectivity index (χ0) is 17.1. The van der Waals surface area contributed by atoms with Crippen LogP contribution in [0.5, 0.6) is 0 Å². The molecule has 0 unspecified atom stereocenters. The summed E-state index contributed by atoms with van der Waals surface area (Å²) in [6, 6.07) is 4.25. The lowest BCUT2D eigenvalue weighted by Gasteiger charge is -2.37. The van der Waals surface area contributed by atoms with E-state index in [9.17, 15) is 0 Å². The van der Waals surface area contributed by atoms with Gasteiger partial charge in [0, 0.05) is 11.4 Å². The number of hydrogen-bond acceptors (Lipinski definition) is 2. The van der Waals surface area contributed by atoms with Gasteiger partial charge in [0.1, 0.15) is 0 Å². The molecular formula is C22H36N2. The van der Waals surface area contributed by atoms with Crippen molar-refractivity contribution in [3.63, 3.8) is 0 Å². The fourth-order valence-electron chi connectivity index (χ4n) is 5.05. The van der Waals surface area contributed by atoms with Crippen molar-refractivity contribution in [3.05, 3.63) is 23.3 Å². The molecule has 4 N–H and O–H groups in total. The molecule has 1 aromatic carbocycles. The van der Waals surface area contributed by atoms with Crippen molar-refractivity contribution >= 4 is 11.4 Å². The van der Waals surface area contributed by atoms with Crippen LogP contribution in [0.3, 0.4) is 0 Å². The van der Waals surface area contributed by atoms with E-state index in [0.717, 1.165) is 47.0 Å². The highest BCUT2D eigenvalue weighted by molar-refractivity contribution is 5.62. The molecule has 0 amide bonds. The van der Waals surface area contributed by atoms with Crippen molar-refractivity contribution in [2.45, 2.75) is 78.1 Å². The fraction of sp³-hybridized carbons (Fsp3) is 0.727. The molecule has 3 rings (SSSR count). The van der Waals surface area contributed by atoms with Gasteiger partial charge in [0.15, 0.2) is 0 Å². The Hall–Kier alpha value is -1.18. The minimum atomic E-state index is 0.847. The van der Waals surface area contributed by atoms with Gasteiger partial charge in [-0.05, 0) is 92.4 Å². The van der Waals surface area contributed by atoms with E-state index in [1.165, 1.54) is 63.4 Å². The molecule has 0 aromatic heterocycles. The number of nitrogen functional groups attached to an aromatic ring is 2. The van der Waals surface area contributed by atoms with Crippen LogP contribution in [0.25, 0.3) is 0 Å². The summed E-state index contributed by atoms with van der Waals surface area (Å²) >= 11 is 0. The summed E-state index contributed by atoms with van der Waals surface area (Å²) < 4.78 is 0. The van der Waals surface area contributed by atoms with Crippen LogP contribution >= 0.6 is 0 Å². The van der Waals surface area contributed by atoms with Crippen LogP contribution in [-0.4, -0.2) is 0 Å². The van der Waals surface area contributed by atoms with Crippen LogP contribution in [0.15, 0.2) is 12.1 Å². The molecule has 0 atom stereocenters. The van der Waals surface area contributed by atoms with Crippen LogP contribution < -0.4 is 11.5 Å². The highest BCUT2D eigenvalue weighted by Gasteiger charge is 2.29. The third-order valence-electron chi connectivity index (χ3n) is 7.01. The van der Waals surface area contributed by atoms with Gasteiger partial charge in [0.2, 0.25) is 0 Å². The van der Waals surface area contributed by atoms with E-state index in [4.69, 9.17) is 11.5 Å². The largest absolute Gasteiger partial charge is 0.398 e. The second-order valence-corrected chi connectivity index (χ2v) is 8.74. The summed E-state index contributed by atoms with van der Waals surface area (Å²) in [7, 11) is 0. The van der Waals surface area contributed by atoms with E-state index in [1.54, 1.807) is 0 Å². The molecule has 2 saturated carbocycles. The molecule has 24 heavy (non-hydrogen) atoms. The lowest BCUT2D eigenvalue weighted by molar-refractivity contribution is 0.148. The Kier molecular flexibility index (Phi) is 5.73. The zero-order valence-corrected chi connectivity index (χ0v) is 15.7. The molecule has 0 aliphatic heterocycles. The maximum Gasteiger partial charge on any atom is 0.0367 e. The van der Waals surface area contributed by atoms with Crippen molar-refractivity contribution in [2.75, 3.05) is 11.5 Å². The zero-order valence-electron chi connectivity index (χ0n) is 15.7. The molecule has 2 nitrogen and oxygen atoms in total. The molecule has 0 saturated heterocycles. The molecule has 2 heteroatoms. The van der Waals surface area contributed by atoms with E-state index in [0.29, 0.717) is 0 Å². The van der Waals surface area contributed by atoms with Gasteiger partial charge < -0.3 is 11.5 Å². The Labute approximate surface area is 148 Å². The predicted molar refractivity (Wildman–Crippen MR) is 105 cm³/mol. The van der Waals surface area contributed by atoms with Crippen molar-refractivity contribution < 1.29 is 0 Å². The van der Waals surface area contributed by atoms with Crippen LogP contribution in [0.1, 0.15) is 75.8 Å². The number of hydrogen-bond donors (Lipinski definition) is 2. The standard InChI is InChI=1S/C22H36N2/c1-15-3-9-19(10-4-15)20-11-7-17(8-12-20)5-6-18-13-21(23)16(2)22(24)14-18/h13-15,17,19-20H,3-12,23-24H2,1-2H3. The van der Waals surface area contributed by atoms with Crippen LogP contribution in [0, 0.1) is 30.6 Å². The first-order chi connectivity index (χ1) is 11.5. The van der Waals surface area contributed by atoms with Crippen molar-refractivity contribution in [2.24, 2.45) is 23.7 Å². The summed E-state index contributed by atoms with van der Waals surface area (Å²) in [5.74, 6) is 3.96. The quantitative estimate of drug-likeness (QED) is 0.694. The van der Waals surface area contributed by atoms with Crippen LogP contribution in [-0.2, 0) is 6.42 Å². The third kappa shape index (κ3) is 4.26. The molecule has 2 aliphatic rings. The van der Waals surface area contributed by atoms with Gasteiger partial charge >= 0.3 is 0 Å². The number of benzene rings is 1. The average Bonchev–Trinajstić information content (AvgIpc) is 2.59. The average molecular weight is 329 g/mol. The highest BCUT2D eigenvalue weighted by Crippen LogP contribution is 2.42. The Balaban J connectivity index is 1.44. The van der Waals surface area contributed by atoms with Crippen molar-refractivity contribution in [1.29, 1.82) is 0 Å². The Morgan fingerprint density at radius 1 is 0.833 bits per heavy atom. The minimum absolute atomic E-state index is 0.847. The Morgan fingerprint density at radius 3 is 1.88 bits per heavy atom. The Bertz CT molecular complexity index is 512. The first-order valence-electron chi connectivity index (χ1n) is 10.2. The van der Waals surface area contributed by atoms with Gasteiger partial charge in [-0.2, -0.15) is 0 Å². The SMILES string of the molecule is Cc1c(N)cc(CCC2CCC(C3CCC(C)CC3)CC2)cc1N. The molecule has 0 spiro atoms. The molecule has 2 fully saturated rings. The summed E-state index contributed by atoms with van der Waals surface area (Å²) in [5, 5.41) is 0. The van der Waals surface area contributed by atoms with E-state index < -0.39 is 0 Å². The molecule has 1 aromatic rings. The van der Waals surface area contributed by atoms with Gasteiger partial charge in [-0.25, -0.2) is 0 Å². The first kappa shape index (κ1) is 17.6. The van der Waals surface area contributed by atoms with E-state index in [2.05, 4.69) is 19.1 Å². The summed E-state index contributed by atoms with van der Waals surface area (Å²) in [5.41, 5.74) is 16.2. The van der Waals surface area contributed by atoms with Crippen molar-refractivity contribution in [1.82, 2.24) is 0 Å². The monoisotopic (exact) mass is 328 g/mol. The molecule has 134 valence electrons. The van der Waals surface area contributed by atoms with Crippen molar-refractivity contribution in [3.8, 4) is 0 Å². The molecule has 2 aliphatic carbocycles. The number of nitrogens with two attached hydrogens (primary N) is 2. The fourth-order valence-corrected chi connectivity index (χ4v) is 5.05. The molecule has 0 heterocycles. The summed E-state index contributed by atoms with van der Waals surface area (Å²) in [6.45, 7) is 4.43. The smallest absolute Gasteiger partial charge is 0.0367 e. The maximum atomic E-state index is 6.06. The third-order valence-corrected chi connectivity index (χ3v) is 7.01. The number of rotatable bonds is 4.